The number of halogens is 1. The first-order valence-electron chi connectivity index (χ1n) is 18.6. The number of methoxy groups -OCH3 is 1. The number of fused-ring (bicyclic) bond motifs is 5. The van der Waals surface area contributed by atoms with Crippen LogP contribution < -0.4 is 14.4 Å². The smallest absolute Gasteiger partial charge is 0.330 e. The number of carbonyl (C=O) groups is 2. The molecule has 1 unspecified atom stereocenters. The van der Waals surface area contributed by atoms with Crippen LogP contribution in [0.2, 0.25) is 5.02 Å². The van der Waals surface area contributed by atoms with Gasteiger partial charge in [-0.3, -0.25) is 9.52 Å². The van der Waals surface area contributed by atoms with Crippen LogP contribution in [0.15, 0.2) is 71.2 Å². The molecule has 6 atom stereocenters. The highest BCUT2D eigenvalue weighted by atomic mass is 35.5. The molecule has 1 N–H and O–H groups in total. The van der Waals surface area contributed by atoms with E-state index < -0.39 is 21.9 Å². The van der Waals surface area contributed by atoms with Gasteiger partial charge >= 0.3 is 6.03 Å². The number of aryl methyl sites for hydroxylation is 1. The molecule has 1 spiro atoms. The van der Waals surface area contributed by atoms with Crippen molar-refractivity contribution in [2.45, 2.75) is 70.1 Å². The molecule has 5 aliphatic rings. The summed E-state index contributed by atoms with van der Waals surface area (Å²) in [5, 5.41) is 0.745. The van der Waals surface area contributed by atoms with Crippen molar-refractivity contribution in [2.75, 3.05) is 44.0 Å². The van der Waals surface area contributed by atoms with Gasteiger partial charge in [-0.05, 0) is 110 Å². The number of rotatable bonds is 2. The molecule has 3 aliphatic heterocycles. The lowest BCUT2D eigenvalue weighted by Gasteiger charge is -2.46. The number of urea groups is 1. The molecular formula is C40H48ClN5O5S. The molecule has 4 heterocycles. The van der Waals surface area contributed by atoms with Crippen molar-refractivity contribution >= 4 is 39.1 Å². The molecule has 0 saturated heterocycles. The summed E-state index contributed by atoms with van der Waals surface area (Å²) in [4.78, 5) is 31.7. The molecule has 0 radical (unpaired) electrons. The Hall–Kier alpha value is -3.80. The predicted octanol–water partition coefficient (Wildman–Crippen LogP) is 7.00. The molecule has 12 heteroatoms. The summed E-state index contributed by atoms with van der Waals surface area (Å²) in [5.41, 5.74) is 4.45. The topological polar surface area (TPSA) is 105 Å². The van der Waals surface area contributed by atoms with Crippen molar-refractivity contribution in [1.82, 2.24) is 14.2 Å². The summed E-state index contributed by atoms with van der Waals surface area (Å²) in [6.45, 7) is 5.51. The van der Waals surface area contributed by atoms with Crippen LogP contribution in [0.1, 0.15) is 66.2 Å². The van der Waals surface area contributed by atoms with E-state index in [-0.39, 0.29) is 23.2 Å². The Morgan fingerprint density at radius 3 is 2.87 bits per heavy atom. The molecule has 2 bridgehead atoms. The second kappa shape index (κ2) is 14.2. The number of anilines is 1. The highest BCUT2D eigenvalue weighted by Gasteiger charge is 2.44. The molecule has 10 nitrogen and oxygen atoms in total. The van der Waals surface area contributed by atoms with E-state index in [1.807, 2.05) is 43.5 Å². The lowest BCUT2D eigenvalue weighted by atomic mass is 9.68. The summed E-state index contributed by atoms with van der Waals surface area (Å²) in [7, 11) is -1.72. The summed E-state index contributed by atoms with van der Waals surface area (Å²) < 4.78 is 36.6. The van der Waals surface area contributed by atoms with Crippen LogP contribution in [-0.2, 0) is 39.6 Å². The van der Waals surface area contributed by atoms with E-state index in [0.717, 1.165) is 61.6 Å². The fourth-order valence-corrected chi connectivity index (χ4v) is 11.1. The summed E-state index contributed by atoms with van der Waals surface area (Å²) >= 11 is 6.47. The van der Waals surface area contributed by atoms with Crippen LogP contribution in [0.5, 0.6) is 5.75 Å². The number of carbonyl (C=O) groups excluding carboxylic acids is 2. The molecule has 276 valence electrons. The van der Waals surface area contributed by atoms with E-state index in [1.54, 1.807) is 18.1 Å². The first-order chi connectivity index (χ1) is 25.1. The second-order valence-electron chi connectivity index (χ2n) is 15.5. The van der Waals surface area contributed by atoms with Crippen LogP contribution in [0.25, 0.3) is 0 Å². The fraction of sp³-hybridized carbons (Fsp3) is 0.500. The molecule has 1 aromatic heterocycles. The van der Waals surface area contributed by atoms with E-state index in [4.69, 9.17) is 21.1 Å². The third kappa shape index (κ3) is 6.87. The van der Waals surface area contributed by atoms with Gasteiger partial charge in [0.15, 0.2) is 0 Å². The minimum Gasteiger partial charge on any atom is -0.490 e. The second-order valence-corrected chi connectivity index (χ2v) is 17.9. The van der Waals surface area contributed by atoms with Crippen molar-refractivity contribution in [3.8, 4) is 5.75 Å². The highest BCUT2D eigenvalue weighted by molar-refractivity contribution is 7.92. The zero-order valence-corrected chi connectivity index (χ0v) is 31.5. The first kappa shape index (κ1) is 35.2. The zero-order chi connectivity index (χ0) is 36.0. The predicted molar refractivity (Wildman–Crippen MR) is 203 cm³/mol. The Morgan fingerprint density at radius 1 is 1.15 bits per heavy atom. The van der Waals surface area contributed by atoms with E-state index in [9.17, 15) is 13.8 Å². The maximum atomic E-state index is 14.7. The number of nitrogens with zero attached hydrogens (tertiary/aromatic N) is 4. The van der Waals surface area contributed by atoms with Gasteiger partial charge in [-0.25, -0.2) is 9.00 Å². The number of nitrogens with one attached hydrogen (secondary N) is 1. The summed E-state index contributed by atoms with van der Waals surface area (Å²) in [5.74, 6) is 0.753. The maximum Gasteiger partial charge on any atom is 0.330 e. The largest absolute Gasteiger partial charge is 0.490 e. The highest BCUT2D eigenvalue weighted by Crippen LogP contribution is 2.47. The molecular weight excluding hydrogens is 698 g/mol. The van der Waals surface area contributed by atoms with Gasteiger partial charge in [0.2, 0.25) is 0 Å². The van der Waals surface area contributed by atoms with Gasteiger partial charge in [0.05, 0.1) is 30.7 Å². The molecule has 2 aromatic carbocycles. The SMILES string of the molecule is CO[C@H]1/C=C\C[C@H](C)CS(=O)(NC(=O)N2CCn3cccc3C2)=NC(=O)c2ccc3c(c2)N(C[C@@H]2CC[C@H]21)C[C@@]1(CCCc2cc(Cl)ccc21)CO3. The van der Waals surface area contributed by atoms with E-state index in [1.165, 1.54) is 11.1 Å². The number of hydrogen-bond donors (Lipinski definition) is 1. The monoisotopic (exact) mass is 745 g/mol. The van der Waals surface area contributed by atoms with Crippen molar-refractivity contribution in [3.05, 3.63) is 94.3 Å². The lowest BCUT2D eigenvalue weighted by Crippen LogP contribution is -2.49. The summed E-state index contributed by atoms with van der Waals surface area (Å²) in [6.07, 6.45) is 12.0. The fourth-order valence-electron chi connectivity index (χ4n) is 9.06. The number of aromatic nitrogens is 1. The molecule has 1 fully saturated rings. The Morgan fingerprint density at radius 2 is 2.04 bits per heavy atom. The molecule has 52 heavy (non-hydrogen) atoms. The van der Waals surface area contributed by atoms with Crippen molar-refractivity contribution < 1.29 is 23.3 Å². The van der Waals surface area contributed by atoms with Crippen LogP contribution in [0, 0.1) is 17.8 Å². The van der Waals surface area contributed by atoms with Gasteiger partial charge in [-0.2, -0.15) is 0 Å². The van der Waals surface area contributed by atoms with Crippen LogP contribution in [-0.4, -0.2) is 70.8 Å². The molecule has 3 aromatic rings. The average Bonchev–Trinajstić information content (AvgIpc) is 3.53. The van der Waals surface area contributed by atoms with Gasteiger partial charge < -0.3 is 23.8 Å². The van der Waals surface area contributed by atoms with Crippen molar-refractivity contribution in [3.63, 3.8) is 0 Å². The van der Waals surface area contributed by atoms with E-state index >= 15 is 0 Å². The minimum atomic E-state index is -3.50. The average molecular weight is 746 g/mol. The van der Waals surface area contributed by atoms with Crippen LogP contribution in [0.4, 0.5) is 10.5 Å². The van der Waals surface area contributed by atoms with Crippen molar-refractivity contribution in [1.29, 1.82) is 0 Å². The Kier molecular flexibility index (Phi) is 9.63. The van der Waals surface area contributed by atoms with Crippen LogP contribution in [0.3, 0.4) is 0 Å². The number of amides is 3. The number of hydrogen-bond acceptors (Lipinski definition) is 6. The van der Waals surface area contributed by atoms with Gasteiger partial charge in [-0.1, -0.05) is 36.7 Å². The van der Waals surface area contributed by atoms with E-state index in [0.29, 0.717) is 55.8 Å². The quantitative estimate of drug-likeness (QED) is 0.284. The summed E-state index contributed by atoms with van der Waals surface area (Å²) in [6, 6.07) is 15.1. The van der Waals surface area contributed by atoms with Crippen LogP contribution >= 0.6 is 11.6 Å². The lowest BCUT2D eigenvalue weighted by molar-refractivity contribution is 0.0131. The maximum absolute atomic E-state index is 14.7. The standard InChI is InChI=1S/C40H48ClN5O5S/c1-27-6-3-9-36(50-2)33-13-10-30(33)22-46-25-40(16-4-7-28-20-31(41)12-14-34(28)40)26-51-37-15-11-29(21-35(37)46)38(47)42-52(49,24-27)43-39(48)45-19-18-44-17-5-8-32(44)23-45/h3,5,8-9,11-12,14-15,17,20-21,27,30,33,36H,4,6-7,10,13,16,18-19,22-26H2,1-2H3,(H,42,43,47,48,49)/b9-3-/t27-,30-,33+,36-,40-,52?/m0/s1. The zero-order valence-electron chi connectivity index (χ0n) is 30.0. The Bertz CT molecular complexity index is 2020. The van der Waals surface area contributed by atoms with E-state index in [2.05, 4.69) is 42.8 Å². The molecule has 1 saturated carbocycles. The minimum absolute atomic E-state index is 0.0366. The number of benzene rings is 2. The van der Waals surface area contributed by atoms with Crippen molar-refractivity contribution in [2.24, 2.45) is 22.1 Å². The van der Waals surface area contributed by atoms with Gasteiger partial charge in [0.1, 0.15) is 15.7 Å². The Labute approximate surface area is 311 Å². The van der Waals surface area contributed by atoms with Gasteiger partial charge in [0, 0.05) is 61.2 Å². The first-order valence-corrected chi connectivity index (χ1v) is 20.7. The Balaban J connectivity index is 1.17. The third-order valence-corrected chi connectivity index (χ3v) is 14.1. The van der Waals surface area contributed by atoms with Gasteiger partial charge in [-0.15, -0.1) is 4.36 Å². The molecule has 8 rings (SSSR count). The third-order valence-electron chi connectivity index (χ3n) is 11.9. The molecule has 3 amide bonds. The number of allylic oxidation sites excluding steroid dienone is 1. The van der Waals surface area contributed by atoms with Gasteiger partial charge in [0.25, 0.3) is 5.91 Å². The normalized spacial score (nSPS) is 30.8. The number of ether oxygens (including phenoxy) is 2. The molecule has 2 aliphatic carbocycles.